The summed E-state index contributed by atoms with van der Waals surface area (Å²) in [5, 5.41) is 32.4. The molecule has 1 heterocycles. The standard InChI is InChI=1S/C23H19NO6S/c25-13-2-5-16-19(10-13)30-20-11-14(26)3-6-17(20)21(16)15-4-1-12(9-18(15)23(28)29)22(27)24-7-8-31/h1-6,9-11,21,25-26,31H,7-8H2,(H,24,27)(H,28,29). The predicted molar refractivity (Wildman–Crippen MR) is 117 cm³/mol. The van der Waals surface area contributed by atoms with Gasteiger partial charge in [0.05, 0.1) is 5.56 Å². The van der Waals surface area contributed by atoms with E-state index in [0.717, 1.165) is 0 Å². The van der Waals surface area contributed by atoms with Crippen LogP contribution >= 0.6 is 12.6 Å². The van der Waals surface area contributed by atoms with Crippen molar-refractivity contribution in [3.05, 3.63) is 82.4 Å². The lowest BCUT2D eigenvalue weighted by Crippen LogP contribution is -2.26. The Hall–Kier alpha value is -3.65. The number of thiol groups is 1. The van der Waals surface area contributed by atoms with E-state index in [1.807, 2.05) is 0 Å². The molecule has 158 valence electrons. The van der Waals surface area contributed by atoms with Crippen LogP contribution in [0.25, 0.3) is 0 Å². The Labute approximate surface area is 183 Å². The van der Waals surface area contributed by atoms with E-state index in [1.54, 1.807) is 24.3 Å². The summed E-state index contributed by atoms with van der Waals surface area (Å²) >= 11 is 4.06. The molecule has 3 aromatic rings. The monoisotopic (exact) mass is 437 g/mol. The molecule has 0 radical (unpaired) electrons. The fraction of sp³-hybridized carbons (Fsp3) is 0.130. The highest BCUT2D eigenvalue weighted by Gasteiger charge is 2.32. The van der Waals surface area contributed by atoms with Crippen LogP contribution in [-0.2, 0) is 0 Å². The van der Waals surface area contributed by atoms with Crippen molar-refractivity contribution in [1.29, 1.82) is 0 Å². The molecule has 1 aliphatic heterocycles. The van der Waals surface area contributed by atoms with Crippen LogP contribution in [0.2, 0.25) is 0 Å². The second kappa shape index (κ2) is 8.23. The Morgan fingerprint density at radius 2 is 1.48 bits per heavy atom. The number of rotatable bonds is 5. The summed E-state index contributed by atoms with van der Waals surface area (Å²) in [6.45, 7) is 0.361. The first kappa shape index (κ1) is 20.6. The minimum atomic E-state index is -1.18. The lowest BCUT2D eigenvalue weighted by molar-refractivity contribution is 0.0695. The van der Waals surface area contributed by atoms with Crippen LogP contribution in [0.4, 0.5) is 0 Å². The molecule has 8 heteroatoms. The van der Waals surface area contributed by atoms with Crippen molar-refractivity contribution in [2.24, 2.45) is 0 Å². The lowest BCUT2D eigenvalue weighted by Gasteiger charge is -2.29. The fourth-order valence-corrected chi connectivity index (χ4v) is 3.84. The zero-order chi connectivity index (χ0) is 22.1. The number of phenols is 2. The third kappa shape index (κ3) is 3.89. The molecule has 0 unspecified atom stereocenters. The van der Waals surface area contributed by atoms with Crippen LogP contribution in [0, 0.1) is 0 Å². The molecule has 0 atom stereocenters. The Balaban J connectivity index is 1.89. The number of ether oxygens (including phenoxy) is 1. The second-order valence-electron chi connectivity index (χ2n) is 7.07. The van der Waals surface area contributed by atoms with Crippen molar-refractivity contribution in [2.45, 2.75) is 5.92 Å². The van der Waals surface area contributed by atoms with Crippen LogP contribution in [0.5, 0.6) is 23.0 Å². The van der Waals surface area contributed by atoms with Gasteiger partial charge in [0.15, 0.2) is 0 Å². The Morgan fingerprint density at radius 3 is 2.03 bits per heavy atom. The van der Waals surface area contributed by atoms with Crippen molar-refractivity contribution < 1.29 is 29.6 Å². The molecule has 0 saturated heterocycles. The maximum atomic E-state index is 12.3. The molecule has 7 nitrogen and oxygen atoms in total. The quantitative estimate of drug-likeness (QED) is 0.304. The van der Waals surface area contributed by atoms with E-state index < -0.39 is 11.9 Å². The van der Waals surface area contributed by atoms with E-state index in [9.17, 15) is 24.9 Å². The molecule has 0 fully saturated rings. The maximum Gasteiger partial charge on any atom is 0.336 e. The minimum absolute atomic E-state index is 0.00392. The molecule has 4 rings (SSSR count). The highest BCUT2D eigenvalue weighted by Crippen LogP contribution is 2.49. The van der Waals surface area contributed by atoms with E-state index in [1.165, 1.54) is 30.3 Å². The number of carbonyl (C=O) groups excluding carboxylic acids is 1. The molecule has 0 saturated carbocycles. The van der Waals surface area contributed by atoms with Crippen LogP contribution in [0.3, 0.4) is 0 Å². The number of fused-ring (bicyclic) bond motifs is 2. The number of hydrogen-bond acceptors (Lipinski definition) is 6. The number of carboxylic acids is 1. The average molecular weight is 437 g/mol. The molecular formula is C23H19NO6S. The van der Waals surface area contributed by atoms with Crippen LogP contribution in [0.1, 0.15) is 43.3 Å². The summed E-state index contributed by atoms with van der Waals surface area (Å²) in [7, 11) is 0. The van der Waals surface area contributed by atoms with Gasteiger partial charge in [-0.3, -0.25) is 4.79 Å². The predicted octanol–water partition coefficient (Wildman–Crippen LogP) is 3.74. The van der Waals surface area contributed by atoms with Gasteiger partial charge >= 0.3 is 5.97 Å². The normalized spacial score (nSPS) is 12.4. The number of phenolic OH excluding ortho intramolecular Hbond substituents is 2. The average Bonchev–Trinajstić information content (AvgIpc) is 2.75. The van der Waals surface area contributed by atoms with E-state index >= 15 is 0 Å². The Kier molecular flexibility index (Phi) is 5.48. The summed E-state index contributed by atoms with van der Waals surface area (Å²) < 4.78 is 5.86. The molecule has 0 aliphatic carbocycles. The number of benzene rings is 3. The molecule has 1 aliphatic rings. The molecule has 31 heavy (non-hydrogen) atoms. The van der Waals surface area contributed by atoms with E-state index in [-0.39, 0.29) is 28.5 Å². The van der Waals surface area contributed by atoms with Crippen molar-refractivity contribution in [1.82, 2.24) is 5.32 Å². The van der Waals surface area contributed by atoms with E-state index in [4.69, 9.17) is 4.74 Å². The zero-order valence-electron chi connectivity index (χ0n) is 16.2. The SMILES string of the molecule is O=C(NCCS)c1ccc(C2c3ccc(O)cc3Oc3cc(O)ccc32)c(C(=O)O)c1. The first-order valence-electron chi connectivity index (χ1n) is 9.49. The van der Waals surface area contributed by atoms with E-state index in [2.05, 4.69) is 17.9 Å². The van der Waals surface area contributed by atoms with Gasteiger partial charge in [-0.05, 0) is 29.8 Å². The summed E-state index contributed by atoms with van der Waals surface area (Å²) in [6.07, 6.45) is 0. The smallest absolute Gasteiger partial charge is 0.336 e. The highest BCUT2D eigenvalue weighted by molar-refractivity contribution is 7.80. The molecular weight excluding hydrogens is 418 g/mol. The van der Waals surface area contributed by atoms with Crippen molar-refractivity contribution in [3.63, 3.8) is 0 Å². The molecule has 1 amide bonds. The zero-order valence-corrected chi connectivity index (χ0v) is 17.1. The number of hydrogen-bond donors (Lipinski definition) is 5. The van der Waals surface area contributed by atoms with Crippen LogP contribution < -0.4 is 10.1 Å². The number of carbonyl (C=O) groups is 2. The number of carboxylic acid groups (broad SMARTS) is 1. The maximum absolute atomic E-state index is 12.3. The van der Waals surface area contributed by atoms with Gasteiger partial charge in [0.2, 0.25) is 0 Å². The third-order valence-corrected chi connectivity index (χ3v) is 5.31. The minimum Gasteiger partial charge on any atom is -0.508 e. The first-order valence-corrected chi connectivity index (χ1v) is 10.1. The summed E-state index contributed by atoms with van der Waals surface area (Å²) in [6, 6.07) is 13.8. The Bertz CT molecular complexity index is 1140. The van der Waals surface area contributed by atoms with Crippen molar-refractivity contribution in [2.75, 3.05) is 12.3 Å². The molecule has 3 aromatic carbocycles. The topological polar surface area (TPSA) is 116 Å². The van der Waals surface area contributed by atoms with Gasteiger partial charge in [-0.25, -0.2) is 4.79 Å². The molecule has 0 bridgehead atoms. The second-order valence-corrected chi connectivity index (χ2v) is 7.51. The molecule has 4 N–H and O–H groups in total. The largest absolute Gasteiger partial charge is 0.508 e. The molecule has 0 spiro atoms. The summed E-state index contributed by atoms with van der Waals surface area (Å²) in [5.74, 6) is -0.931. The van der Waals surface area contributed by atoms with Crippen molar-refractivity contribution in [3.8, 4) is 23.0 Å². The summed E-state index contributed by atoms with van der Waals surface area (Å²) in [5.41, 5.74) is 1.98. The first-order chi connectivity index (χ1) is 14.9. The van der Waals surface area contributed by atoms with Gasteiger partial charge in [0, 0.05) is 47.0 Å². The number of aromatic hydroxyl groups is 2. The van der Waals surface area contributed by atoms with Gasteiger partial charge < -0.3 is 25.4 Å². The number of nitrogens with one attached hydrogen (secondary N) is 1. The fourth-order valence-electron chi connectivity index (χ4n) is 3.73. The summed E-state index contributed by atoms with van der Waals surface area (Å²) in [4.78, 5) is 24.5. The van der Waals surface area contributed by atoms with Gasteiger partial charge in [-0.2, -0.15) is 12.6 Å². The van der Waals surface area contributed by atoms with Crippen LogP contribution in [0.15, 0.2) is 54.6 Å². The van der Waals surface area contributed by atoms with Gasteiger partial charge in [-0.15, -0.1) is 0 Å². The number of amides is 1. The third-order valence-electron chi connectivity index (χ3n) is 5.09. The lowest BCUT2D eigenvalue weighted by atomic mass is 9.80. The molecule has 0 aromatic heterocycles. The van der Waals surface area contributed by atoms with Crippen molar-refractivity contribution >= 4 is 24.5 Å². The number of aromatic carboxylic acids is 1. The highest BCUT2D eigenvalue weighted by atomic mass is 32.1. The van der Waals surface area contributed by atoms with Crippen LogP contribution in [-0.4, -0.2) is 39.5 Å². The van der Waals surface area contributed by atoms with Gasteiger partial charge in [-0.1, -0.05) is 18.2 Å². The Morgan fingerprint density at radius 1 is 0.903 bits per heavy atom. The van der Waals surface area contributed by atoms with Gasteiger partial charge in [0.1, 0.15) is 23.0 Å². The van der Waals surface area contributed by atoms with Gasteiger partial charge in [0.25, 0.3) is 5.91 Å². The van der Waals surface area contributed by atoms with E-state index in [0.29, 0.717) is 40.5 Å².